The smallest absolute Gasteiger partial charge is 0.351 e. The number of aromatic nitrogens is 3. The van der Waals surface area contributed by atoms with Crippen LogP contribution in [0.5, 0.6) is 0 Å². The molecule has 1 atom stereocenters. The number of hydrogen-bond acceptors (Lipinski definition) is 5. The van der Waals surface area contributed by atoms with Crippen LogP contribution < -0.4 is 10.6 Å². The molecule has 0 aliphatic heterocycles. The van der Waals surface area contributed by atoms with E-state index in [4.69, 9.17) is 11.6 Å². The standard InChI is InChI=1S/C10H13ClF3N5/c1-5(10(12,13)14)15-8-17-7(11)18-9(19-8)16-6-3-2-4-6/h5-6H,2-4H2,1H3,(H2,15,16,17,18,19)/t5-/m1/s1. The zero-order valence-electron chi connectivity index (χ0n) is 10.1. The highest BCUT2D eigenvalue weighted by atomic mass is 35.5. The highest BCUT2D eigenvalue weighted by Crippen LogP contribution is 2.24. The molecule has 0 aromatic carbocycles. The van der Waals surface area contributed by atoms with Crippen LogP contribution in [0.2, 0.25) is 5.28 Å². The lowest BCUT2D eigenvalue weighted by Crippen LogP contribution is -2.34. The van der Waals surface area contributed by atoms with Gasteiger partial charge in [-0.05, 0) is 37.8 Å². The molecule has 1 aliphatic rings. The lowest BCUT2D eigenvalue weighted by atomic mass is 9.93. The van der Waals surface area contributed by atoms with Gasteiger partial charge in [-0.1, -0.05) is 0 Å². The summed E-state index contributed by atoms with van der Waals surface area (Å²) in [6.45, 7) is 0.983. The van der Waals surface area contributed by atoms with Crippen molar-refractivity contribution in [2.45, 2.75) is 44.4 Å². The first-order chi connectivity index (χ1) is 8.84. The van der Waals surface area contributed by atoms with Crippen LogP contribution in [0.15, 0.2) is 0 Å². The van der Waals surface area contributed by atoms with Crippen molar-refractivity contribution in [2.24, 2.45) is 0 Å². The predicted molar refractivity (Wildman–Crippen MR) is 65.2 cm³/mol. The van der Waals surface area contributed by atoms with E-state index in [1.807, 2.05) is 0 Å². The van der Waals surface area contributed by atoms with Crippen LogP contribution in [0.1, 0.15) is 26.2 Å². The first kappa shape index (κ1) is 14.1. The van der Waals surface area contributed by atoms with Gasteiger partial charge in [0.25, 0.3) is 0 Å². The Kier molecular flexibility index (Phi) is 3.98. The van der Waals surface area contributed by atoms with Crippen LogP contribution in [0, 0.1) is 0 Å². The molecule has 1 aromatic heterocycles. The van der Waals surface area contributed by atoms with Crippen molar-refractivity contribution in [3.05, 3.63) is 5.28 Å². The van der Waals surface area contributed by atoms with Gasteiger partial charge in [0.15, 0.2) is 0 Å². The molecule has 5 nitrogen and oxygen atoms in total. The van der Waals surface area contributed by atoms with Gasteiger partial charge < -0.3 is 10.6 Å². The second kappa shape index (κ2) is 5.36. The van der Waals surface area contributed by atoms with E-state index in [1.54, 1.807) is 0 Å². The number of nitrogens with one attached hydrogen (secondary N) is 2. The molecule has 106 valence electrons. The second-order valence-corrected chi connectivity index (χ2v) is 4.77. The molecule has 1 aliphatic carbocycles. The maximum absolute atomic E-state index is 12.4. The van der Waals surface area contributed by atoms with Gasteiger partial charge in [0, 0.05) is 6.04 Å². The van der Waals surface area contributed by atoms with Crippen molar-refractivity contribution in [3.8, 4) is 0 Å². The molecule has 1 saturated carbocycles. The molecule has 2 rings (SSSR count). The molecule has 9 heteroatoms. The van der Waals surface area contributed by atoms with Crippen LogP contribution in [0.3, 0.4) is 0 Å². The zero-order valence-corrected chi connectivity index (χ0v) is 10.9. The van der Waals surface area contributed by atoms with Crippen LogP contribution in [0.4, 0.5) is 25.1 Å². The summed E-state index contributed by atoms with van der Waals surface area (Å²) in [5.41, 5.74) is 0. The third-order valence-electron chi connectivity index (χ3n) is 2.88. The van der Waals surface area contributed by atoms with Crippen molar-refractivity contribution in [3.63, 3.8) is 0 Å². The molecule has 0 unspecified atom stereocenters. The average molecular weight is 296 g/mol. The normalized spacial score (nSPS) is 17.7. The molecule has 2 N–H and O–H groups in total. The predicted octanol–water partition coefficient (Wildman–Crippen LogP) is 2.85. The summed E-state index contributed by atoms with van der Waals surface area (Å²) in [7, 11) is 0. The summed E-state index contributed by atoms with van der Waals surface area (Å²) in [5, 5.41) is 5.02. The van der Waals surface area contributed by atoms with Crippen molar-refractivity contribution in [2.75, 3.05) is 10.6 Å². The van der Waals surface area contributed by atoms with Gasteiger partial charge >= 0.3 is 6.18 Å². The van der Waals surface area contributed by atoms with Gasteiger partial charge in [0.1, 0.15) is 6.04 Å². The average Bonchev–Trinajstić information content (AvgIpc) is 2.21. The Hall–Kier alpha value is -1.31. The molecule has 19 heavy (non-hydrogen) atoms. The highest BCUT2D eigenvalue weighted by molar-refractivity contribution is 6.28. The largest absolute Gasteiger partial charge is 0.408 e. The number of nitrogens with zero attached hydrogens (tertiary/aromatic N) is 3. The Bertz CT molecular complexity index is 449. The Morgan fingerprint density at radius 3 is 2.37 bits per heavy atom. The molecule has 1 heterocycles. The van der Waals surface area contributed by atoms with E-state index in [9.17, 15) is 13.2 Å². The van der Waals surface area contributed by atoms with Gasteiger partial charge in [0.2, 0.25) is 17.2 Å². The Morgan fingerprint density at radius 2 is 1.84 bits per heavy atom. The topological polar surface area (TPSA) is 62.7 Å². The Balaban J connectivity index is 2.07. The van der Waals surface area contributed by atoms with E-state index >= 15 is 0 Å². The number of alkyl halides is 3. The summed E-state index contributed by atoms with van der Waals surface area (Å²) in [6, 6.07) is -1.51. The number of halogens is 4. The first-order valence-corrected chi connectivity index (χ1v) is 6.24. The minimum atomic E-state index is -4.37. The van der Waals surface area contributed by atoms with Crippen LogP contribution in [0.25, 0.3) is 0 Å². The first-order valence-electron chi connectivity index (χ1n) is 5.86. The lowest BCUT2D eigenvalue weighted by Gasteiger charge is -2.26. The van der Waals surface area contributed by atoms with Crippen molar-refractivity contribution in [1.29, 1.82) is 0 Å². The van der Waals surface area contributed by atoms with E-state index < -0.39 is 12.2 Å². The van der Waals surface area contributed by atoms with Crippen LogP contribution in [-0.2, 0) is 0 Å². The van der Waals surface area contributed by atoms with Gasteiger partial charge in [-0.25, -0.2) is 0 Å². The molecule has 0 saturated heterocycles. The van der Waals surface area contributed by atoms with E-state index in [0.29, 0.717) is 0 Å². The summed E-state index contributed by atoms with van der Waals surface area (Å²) < 4.78 is 37.3. The van der Waals surface area contributed by atoms with Crippen molar-refractivity contribution in [1.82, 2.24) is 15.0 Å². The second-order valence-electron chi connectivity index (χ2n) is 4.43. The Morgan fingerprint density at radius 1 is 1.21 bits per heavy atom. The van der Waals surface area contributed by atoms with Gasteiger partial charge in [-0.3, -0.25) is 0 Å². The fourth-order valence-electron chi connectivity index (χ4n) is 1.49. The highest BCUT2D eigenvalue weighted by Gasteiger charge is 2.36. The monoisotopic (exact) mass is 295 g/mol. The van der Waals surface area contributed by atoms with Crippen molar-refractivity contribution < 1.29 is 13.2 Å². The molecule has 0 radical (unpaired) electrons. The lowest BCUT2D eigenvalue weighted by molar-refractivity contribution is -0.138. The number of rotatable bonds is 4. The van der Waals surface area contributed by atoms with Gasteiger partial charge in [-0.15, -0.1) is 0 Å². The van der Waals surface area contributed by atoms with Crippen LogP contribution >= 0.6 is 11.6 Å². The van der Waals surface area contributed by atoms with E-state index in [1.165, 1.54) is 0 Å². The SMILES string of the molecule is C[C@@H](Nc1nc(Cl)nc(NC2CCC2)n1)C(F)(F)F. The molecule has 1 fully saturated rings. The van der Waals surface area contributed by atoms with E-state index in [2.05, 4.69) is 25.6 Å². The van der Waals surface area contributed by atoms with E-state index in [0.717, 1.165) is 26.2 Å². The maximum atomic E-state index is 12.4. The summed E-state index contributed by atoms with van der Waals surface area (Å²) in [4.78, 5) is 11.3. The molecule has 1 aromatic rings. The van der Waals surface area contributed by atoms with Gasteiger partial charge in [-0.2, -0.15) is 28.1 Å². The maximum Gasteiger partial charge on any atom is 0.408 e. The van der Waals surface area contributed by atoms with Gasteiger partial charge in [0.05, 0.1) is 0 Å². The minimum absolute atomic E-state index is 0.145. The summed E-state index contributed by atoms with van der Waals surface area (Å²) in [5.74, 6) is 0.00761. The molecular weight excluding hydrogens is 283 g/mol. The number of hydrogen-bond donors (Lipinski definition) is 2. The fourth-order valence-corrected chi connectivity index (χ4v) is 1.65. The minimum Gasteiger partial charge on any atom is -0.351 e. The third kappa shape index (κ3) is 3.82. The third-order valence-corrected chi connectivity index (χ3v) is 3.05. The summed E-state index contributed by atoms with van der Waals surface area (Å²) >= 11 is 5.67. The molecule has 0 spiro atoms. The zero-order chi connectivity index (χ0) is 14.0. The fraction of sp³-hybridized carbons (Fsp3) is 0.700. The summed E-state index contributed by atoms with van der Waals surface area (Å²) in [6.07, 6.45) is -1.27. The van der Waals surface area contributed by atoms with E-state index in [-0.39, 0.29) is 23.2 Å². The molecule has 0 amide bonds. The number of anilines is 2. The molecule has 0 bridgehead atoms. The quantitative estimate of drug-likeness (QED) is 0.894. The Labute approximate surface area is 113 Å². The van der Waals surface area contributed by atoms with Crippen molar-refractivity contribution >= 4 is 23.5 Å². The van der Waals surface area contributed by atoms with Crippen LogP contribution in [-0.4, -0.2) is 33.2 Å². The molecular formula is C10H13ClF3N5.